The molecule has 0 radical (unpaired) electrons. The molecule has 0 aliphatic heterocycles. The lowest BCUT2D eigenvalue weighted by molar-refractivity contribution is 0.0947. The highest BCUT2D eigenvalue weighted by Crippen LogP contribution is 2.22. The summed E-state index contributed by atoms with van der Waals surface area (Å²) in [5.41, 5.74) is 12.9. The summed E-state index contributed by atoms with van der Waals surface area (Å²) >= 11 is 0. The Morgan fingerprint density at radius 2 is 2.06 bits per heavy atom. The van der Waals surface area contributed by atoms with Crippen LogP contribution in [0.1, 0.15) is 16.1 Å². The minimum atomic E-state index is -0.324. The largest absolute Gasteiger partial charge is 0.495 e. The fourth-order valence-corrected chi connectivity index (χ4v) is 1.67. The van der Waals surface area contributed by atoms with E-state index in [0.29, 0.717) is 28.5 Å². The van der Waals surface area contributed by atoms with E-state index in [1.807, 2.05) is 0 Å². The van der Waals surface area contributed by atoms with Crippen molar-refractivity contribution in [2.24, 2.45) is 0 Å². The van der Waals surface area contributed by atoms with Crippen LogP contribution in [0.5, 0.6) is 5.75 Å². The third-order valence-electron chi connectivity index (χ3n) is 2.53. The van der Waals surface area contributed by atoms with Gasteiger partial charge in [-0.05, 0) is 25.1 Å². The summed E-state index contributed by atoms with van der Waals surface area (Å²) in [7, 11) is 1.52. The maximum atomic E-state index is 12.2. The van der Waals surface area contributed by atoms with Gasteiger partial charge in [-0.3, -0.25) is 4.79 Å². The molecule has 0 fully saturated rings. The number of nitrogens with zero attached hydrogens (tertiary/aromatic N) is 2. The maximum absolute atomic E-state index is 12.2. The number of nitrogens with two attached hydrogens (primary N) is 2. The second-order valence-corrected chi connectivity index (χ2v) is 3.88. The third kappa shape index (κ3) is 2.00. The first-order chi connectivity index (χ1) is 8.52. The molecule has 0 spiro atoms. The molecule has 1 heterocycles. The van der Waals surface area contributed by atoms with Gasteiger partial charge < -0.3 is 16.2 Å². The molecule has 1 aromatic heterocycles. The molecule has 0 amide bonds. The predicted molar refractivity (Wildman–Crippen MR) is 68.5 cm³/mol. The lowest BCUT2D eigenvalue weighted by Gasteiger charge is -2.07. The summed E-state index contributed by atoms with van der Waals surface area (Å²) in [6.07, 6.45) is 0. The summed E-state index contributed by atoms with van der Waals surface area (Å²) in [6.45, 7) is 1.77. The van der Waals surface area contributed by atoms with Crippen molar-refractivity contribution in [1.82, 2.24) is 9.78 Å². The number of aromatic nitrogens is 2. The summed E-state index contributed by atoms with van der Waals surface area (Å²) in [5.74, 6) is 0.498. The van der Waals surface area contributed by atoms with E-state index < -0.39 is 0 Å². The van der Waals surface area contributed by atoms with Gasteiger partial charge in [0.2, 0.25) is 0 Å². The van der Waals surface area contributed by atoms with Crippen LogP contribution in [0.4, 0.5) is 11.5 Å². The first kappa shape index (κ1) is 12.0. The zero-order chi connectivity index (χ0) is 13.3. The fraction of sp³-hybridized carbons (Fsp3) is 0.167. The van der Waals surface area contributed by atoms with Crippen LogP contribution in [0.25, 0.3) is 0 Å². The Balaban J connectivity index is 2.40. The summed E-state index contributed by atoms with van der Waals surface area (Å²) in [4.78, 5) is 12.2. The molecule has 0 saturated carbocycles. The lowest BCUT2D eigenvalue weighted by atomic mass is 10.2. The van der Waals surface area contributed by atoms with Crippen LogP contribution in [0, 0.1) is 6.92 Å². The molecule has 6 heteroatoms. The molecular weight excluding hydrogens is 232 g/mol. The molecule has 0 saturated heterocycles. The van der Waals surface area contributed by atoms with Crippen molar-refractivity contribution in [2.75, 3.05) is 18.6 Å². The van der Waals surface area contributed by atoms with Crippen molar-refractivity contribution >= 4 is 17.4 Å². The molecule has 2 aromatic rings. The van der Waals surface area contributed by atoms with Gasteiger partial charge in [-0.25, -0.2) is 0 Å². The van der Waals surface area contributed by atoms with E-state index in [4.69, 9.17) is 16.2 Å². The highest BCUT2D eigenvalue weighted by atomic mass is 16.5. The van der Waals surface area contributed by atoms with Crippen LogP contribution < -0.4 is 16.2 Å². The molecule has 0 aliphatic rings. The van der Waals surface area contributed by atoms with Crippen molar-refractivity contribution in [3.05, 3.63) is 35.5 Å². The van der Waals surface area contributed by atoms with Crippen molar-refractivity contribution < 1.29 is 9.53 Å². The van der Waals surface area contributed by atoms with Crippen molar-refractivity contribution in [2.45, 2.75) is 6.92 Å². The normalized spacial score (nSPS) is 10.3. The van der Waals surface area contributed by atoms with Crippen molar-refractivity contribution in [1.29, 1.82) is 0 Å². The van der Waals surface area contributed by atoms with E-state index in [9.17, 15) is 4.79 Å². The van der Waals surface area contributed by atoms with Gasteiger partial charge in [0.15, 0.2) is 0 Å². The summed E-state index contributed by atoms with van der Waals surface area (Å²) in [5, 5.41) is 4.03. The van der Waals surface area contributed by atoms with E-state index >= 15 is 0 Å². The van der Waals surface area contributed by atoms with Gasteiger partial charge in [-0.2, -0.15) is 9.78 Å². The number of rotatable bonds is 2. The van der Waals surface area contributed by atoms with Gasteiger partial charge >= 0.3 is 0 Å². The monoisotopic (exact) mass is 246 g/mol. The molecule has 1 aromatic carbocycles. The van der Waals surface area contributed by atoms with E-state index in [1.165, 1.54) is 13.2 Å². The van der Waals surface area contributed by atoms with Gasteiger partial charge in [0.25, 0.3) is 5.91 Å². The van der Waals surface area contributed by atoms with Gasteiger partial charge in [0.05, 0.1) is 18.5 Å². The Morgan fingerprint density at radius 3 is 2.56 bits per heavy atom. The number of methoxy groups -OCH3 is 1. The number of hydrogen-bond acceptors (Lipinski definition) is 5. The Bertz CT molecular complexity index is 604. The van der Waals surface area contributed by atoms with Crippen LogP contribution >= 0.6 is 0 Å². The smallest absolute Gasteiger partial charge is 0.280 e. The first-order valence-electron chi connectivity index (χ1n) is 5.33. The molecule has 0 bridgehead atoms. The Hall–Kier alpha value is -2.50. The Morgan fingerprint density at radius 1 is 1.33 bits per heavy atom. The standard InChI is InChI=1S/C12H14N4O2/c1-7-5-11(14)16(15-7)12(17)8-3-4-10(18-2)9(13)6-8/h3-6H,13-14H2,1-2H3. The second-order valence-electron chi connectivity index (χ2n) is 3.88. The Labute approximate surface area is 104 Å². The Kier molecular flexibility index (Phi) is 2.93. The SMILES string of the molecule is COc1ccc(C(=O)n2nc(C)cc2N)cc1N. The zero-order valence-corrected chi connectivity index (χ0v) is 10.2. The highest BCUT2D eigenvalue weighted by Gasteiger charge is 2.14. The van der Waals surface area contributed by atoms with E-state index in [2.05, 4.69) is 5.10 Å². The number of aryl methyl sites for hydroxylation is 1. The number of hydrogen-bond donors (Lipinski definition) is 2. The van der Waals surface area contributed by atoms with E-state index in [0.717, 1.165) is 4.68 Å². The highest BCUT2D eigenvalue weighted by molar-refractivity contribution is 5.98. The molecule has 0 atom stereocenters. The molecule has 0 aliphatic carbocycles. The second kappa shape index (κ2) is 4.40. The van der Waals surface area contributed by atoms with Gasteiger partial charge in [-0.1, -0.05) is 0 Å². The summed E-state index contributed by atoms with van der Waals surface area (Å²) in [6, 6.07) is 6.42. The topological polar surface area (TPSA) is 96.2 Å². The van der Waals surface area contributed by atoms with E-state index in [-0.39, 0.29) is 5.91 Å². The van der Waals surface area contributed by atoms with Gasteiger partial charge in [0, 0.05) is 11.6 Å². The molecule has 2 rings (SSSR count). The number of anilines is 2. The number of ether oxygens (including phenoxy) is 1. The minimum absolute atomic E-state index is 0.298. The fourth-order valence-electron chi connectivity index (χ4n) is 1.67. The van der Waals surface area contributed by atoms with Gasteiger partial charge in [-0.15, -0.1) is 0 Å². The zero-order valence-electron chi connectivity index (χ0n) is 10.2. The molecule has 6 nitrogen and oxygen atoms in total. The number of nitrogen functional groups attached to an aromatic ring is 2. The van der Waals surface area contributed by atoms with Crippen molar-refractivity contribution in [3.63, 3.8) is 0 Å². The lowest BCUT2D eigenvalue weighted by Crippen LogP contribution is -2.16. The third-order valence-corrected chi connectivity index (χ3v) is 2.53. The molecule has 18 heavy (non-hydrogen) atoms. The first-order valence-corrected chi connectivity index (χ1v) is 5.33. The van der Waals surface area contributed by atoms with Crippen molar-refractivity contribution in [3.8, 4) is 5.75 Å². The van der Waals surface area contributed by atoms with Crippen LogP contribution in [-0.2, 0) is 0 Å². The minimum Gasteiger partial charge on any atom is -0.495 e. The number of benzene rings is 1. The van der Waals surface area contributed by atoms with Gasteiger partial charge in [0.1, 0.15) is 11.6 Å². The van der Waals surface area contributed by atoms with Crippen LogP contribution in [0.15, 0.2) is 24.3 Å². The van der Waals surface area contributed by atoms with Crippen LogP contribution in [-0.4, -0.2) is 22.8 Å². The number of carbonyl (C=O) groups is 1. The quantitative estimate of drug-likeness (QED) is 0.772. The molecule has 0 unspecified atom stereocenters. The van der Waals surface area contributed by atoms with Crippen LogP contribution in [0.3, 0.4) is 0 Å². The molecule has 94 valence electrons. The average molecular weight is 246 g/mol. The average Bonchev–Trinajstić information content (AvgIpc) is 2.67. The predicted octanol–water partition coefficient (Wildman–Crippen LogP) is 1.05. The van der Waals surface area contributed by atoms with Crippen LogP contribution in [0.2, 0.25) is 0 Å². The maximum Gasteiger partial charge on any atom is 0.280 e. The number of carbonyl (C=O) groups excluding carboxylic acids is 1. The molecule has 4 N–H and O–H groups in total. The molecular formula is C12H14N4O2. The summed E-state index contributed by atoms with van der Waals surface area (Å²) < 4.78 is 6.18. The van der Waals surface area contributed by atoms with E-state index in [1.54, 1.807) is 25.1 Å².